The summed E-state index contributed by atoms with van der Waals surface area (Å²) in [7, 11) is 0. The Hall–Kier alpha value is -2.34. The highest BCUT2D eigenvalue weighted by atomic mass is 16.5. The van der Waals surface area contributed by atoms with Crippen LogP contribution in [0.3, 0.4) is 0 Å². The molecule has 1 aromatic carbocycles. The van der Waals surface area contributed by atoms with E-state index >= 15 is 0 Å². The summed E-state index contributed by atoms with van der Waals surface area (Å²) in [6.07, 6.45) is -0.286. The quantitative estimate of drug-likeness (QED) is 0.818. The minimum Gasteiger partial charge on any atom is -0.477 e. The lowest BCUT2D eigenvalue weighted by Crippen LogP contribution is -2.29. The molecule has 1 aliphatic heterocycles. The maximum atomic E-state index is 11.6. The third-order valence-electron chi connectivity index (χ3n) is 2.83. The first-order chi connectivity index (χ1) is 9.66. The Bertz CT molecular complexity index is 516. The van der Waals surface area contributed by atoms with Gasteiger partial charge in [0, 0.05) is 0 Å². The molecule has 6 heteroatoms. The Kier molecular flexibility index (Phi) is 4.73. The summed E-state index contributed by atoms with van der Waals surface area (Å²) in [5.74, 6) is -1.19. The standard InChI is InChI=1S/C14H15NO5/c16-13(17)12(11-6-7-19-9-11)15-14(18)20-8-10-4-2-1-3-5-10/h1-5H,6-9H2,(H,15,18)(H,16,17)/b12-11-. The van der Waals surface area contributed by atoms with Crippen molar-refractivity contribution in [3.63, 3.8) is 0 Å². The minimum absolute atomic E-state index is 0.0887. The molecule has 0 saturated carbocycles. The maximum absolute atomic E-state index is 11.6. The van der Waals surface area contributed by atoms with Crippen LogP contribution >= 0.6 is 0 Å². The van der Waals surface area contributed by atoms with Gasteiger partial charge < -0.3 is 14.6 Å². The lowest BCUT2D eigenvalue weighted by Gasteiger charge is -2.09. The molecule has 0 radical (unpaired) electrons. The number of aliphatic carboxylic acids is 1. The molecule has 1 saturated heterocycles. The molecule has 1 heterocycles. The van der Waals surface area contributed by atoms with Crippen molar-refractivity contribution in [2.45, 2.75) is 13.0 Å². The van der Waals surface area contributed by atoms with E-state index in [9.17, 15) is 9.59 Å². The van der Waals surface area contributed by atoms with Gasteiger partial charge in [-0.05, 0) is 17.6 Å². The van der Waals surface area contributed by atoms with Gasteiger partial charge in [0.25, 0.3) is 0 Å². The molecule has 0 unspecified atom stereocenters. The van der Waals surface area contributed by atoms with Crippen LogP contribution < -0.4 is 5.32 Å². The summed E-state index contributed by atoms with van der Waals surface area (Å²) >= 11 is 0. The fourth-order valence-electron chi connectivity index (χ4n) is 1.81. The van der Waals surface area contributed by atoms with Gasteiger partial charge in [-0.1, -0.05) is 30.3 Å². The van der Waals surface area contributed by atoms with Crippen LogP contribution in [0.25, 0.3) is 0 Å². The van der Waals surface area contributed by atoms with Gasteiger partial charge in [-0.3, -0.25) is 5.32 Å². The second kappa shape index (κ2) is 6.72. The van der Waals surface area contributed by atoms with Crippen LogP contribution in [0.2, 0.25) is 0 Å². The fourth-order valence-corrected chi connectivity index (χ4v) is 1.81. The molecule has 2 N–H and O–H groups in total. The number of hydrogen-bond donors (Lipinski definition) is 2. The molecule has 106 valence electrons. The molecule has 0 aromatic heterocycles. The zero-order valence-corrected chi connectivity index (χ0v) is 10.8. The largest absolute Gasteiger partial charge is 0.477 e. The van der Waals surface area contributed by atoms with Gasteiger partial charge >= 0.3 is 12.1 Å². The van der Waals surface area contributed by atoms with E-state index in [1.165, 1.54) is 0 Å². The predicted molar refractivity (Wildman–Crippen MR) is 69.9 cm³/mol. The molecule has 2 rings (SSSR count). The third kappa shape index (κ3) is 3.83. The van der Waals surface area contributed by atoms with Crippen molar-refractivity contribution in [2.24, 2.45) is 0 Å². The van der Waals surface area contributed by atoms with E-state index in [0.717, 1.165) is 5.56 Å². The van der Waals surface area contributed by atoms with Crippen molar-refractivity contribution in [2.75, 3.05) is 13.2 Å². The monoisotopic (exact) mass is 277 g/mol. The van der Waals surface area contributed by atoms with E-state index in [4.69, 9.17) is 14.6 Å². The van der Waals surface area contributed by atoms with Crippen LogP contribution in [-0.4, -0.2) is 30.4 Å². The highest BCUT2D eigenvalue weighted by Crippen LogP contribution is 2.15. The van der Waals surface area contributed by atoms with Crippen LogP contribution in [-0.2, 0) is 20.9 Å². The molecule has 0 bridgehead atoms. The van der Waals surface area contributed by atoms with Crippen LogP contribution in [0, 0.1) is 0 Å². The first-order valence-corrected chi connectivity index (χ1v) is 6.17. The van der Waals surface area contributed by atoms with Crippen LogP contribution in [0.4, 0.5) is 4.79 Å². The molecule has 1 aliphatic rings. The topological polar surface area (TPSA) is 84.9 Å². The van der Waals surface area contributed by atoms with Crippen molar-refractivity contribution in [3.8, 4) is 0 Å². The van der Waals surface area contributed by atoms with Gasteiger partial charge in [-0.25, -0.2) is 9.59 Å². The van der Waals surface area contributed by atoms with E-state index in [-0.39, 0.29) is 18.9 Å². The number of nitrogens with one attached hydrogen (secondary N) is 1. The SMILES string of the molecule is O=C(N/C(C(=O)O)=C1/CCOC1)OCc1ccccc1. The lowest BCUT2D eigenvalue weighted by atomic mass is 10.2. The molecular weight excluding hydrogens is 262 g/mol. The van der Waals surface area contributed by atoms with E-state index in [0.29, 0.717) is 18.6 Å². The average molecular weight is 277 g/mol. The van der Waals surface area contributed by atoms with E-state index < -0.39 is 12.1 Å². The summed E-state index contributed by atoms with van der Waals surface area (Å²) < 4.78 is 10.1. The number of rotatable bonds is 4. The molecule has 0 aliphatic carbocycles. The van der Waals surface area contributed by atoms with Gasteiger partial charge in [0.2, 0.25) is 0 Å². The fraction of sp³-hybridized carbons (Fsp3) is 0.286. The second-order valence-electron chi connectivity index (χ2n) is 4.27. The summed E-state index contributed by atoms with van der Waals surface area (Å²) in [6, 6.07) is 9.15. The minimum atomic E-state index is -1.19. The smallest absolute Gasteiger partial charge is 0.412 e. The van der Waals surface area contributed by atoms with E-state index in [1.54, 1.807) is 0 Å². The van der Waals surface area contributed by atoms with Crippen molar-refractivity contribution < 1.29 is 24.2 Å². The number of carbonyl (C=O) groups is 2. The summed E-state index contributed by atoms with van der Waals surface area (Å²) in [4.78, 5) is 22.7. The normalized spacial score (nSPS) is 16.6. The van der Waals surface area contributed by atoms with Crippen LogP contribution in [0.1, 0.15) is 12.0 Å². The number of hydrogen-bond acceptors (Lipinski definition) is 4. The van der Waals surface area contributed by atoms with Crippen LogP contribution in [0.5, 0.6) is 0 Å². The van der Waals surface area contributed by atoms with Gasteiger partial charge in [0.15, 0.2) is 0 Å². The summed E-state index contributed by atoms with van der Waals surface area (Å²) in [6.45, 7) is 0.777. The van der Waals surface area contributed by atoms with Gasteiger partial charge in [-0.2, -0.15) is 0 Å². The van der Waals surface area contributed by atoms with Crippen molar-refractivity contribution >= 4 is 12.1 Å². The van der Waals surface area contributed by atoms with Gasteiger partial charge in [0.1, 0.15) is 12.3 Å². The van der Waals surface area contributed by atoms with Crippen molar-refractivity contribution in [1.29, 1.82) is 0 Å². The Morgan fingerprint density at radius 3 is 2.65 bits per heavy atom. The number of alkyl carbamates (subject to hydrolysis) is 1. The molecule has 0 spiro atoms. The van der Waals surface area contributed by atoms with Crippen molar-refractivity contribution in [1.82, 2.24) is 5.32 Å². The molecule has 6 nitrogen and oxygen atoms in total. The molecule has 1 fully saturated rings. The Morgan fingerprint density at radius 1 is 1.30 bits per heavy atom. The third-order valence-corrected chi connectivity index (χ3v) is 2.83. The number of ether oxygens (including phenoxy) is 2. The molecular formula is C14H15NO5. The zero-order chi connectivity index (χ0) is 14.4. The first kappa shape index (κ1) is 14.1. The van der Waals surface area contributed by atoms with E-state index in [1.807, 2.05) is 30.3 Å². The Morgan fingerprint density at radius 2 is 2.05 bits per heavy atom. The van der Waals surface area contributed by atoms with Crippen molar-refractivity contribution in [3.05, 3.63) is 47.2 Å². The molecule has 1 amide bonds. The number of carboxylic acids is 1. The highest BCUT2D eigenvalue weighted by molar-refractivity contribution is 5.91. The summed E-state index contributed by atoms with van der Waals surface area (Å²) in [5, 5.41) is 11.4. The van der Waals surface area contributed by atoms with E-state index in [2.05, 4.69) is 5.32 Å². The zero-order valence-electron chi connectivity index (χ0n) is 10.8. The first-order valence-electron chi connectivity index (χ1n) is 6.17. The predicted octanol–water partition coefficient (Wildman–Crippen LogP) is 1.67. The average Bonchev–Trinajstić information content (AvgIpc) is 2.97. The second-order valence-corrected chi connectivity index (χ2v) is 4.27. The lowest BCUT2D eigenvalue weighted by molar-refractivity contribution is -0.133. The number of carbonyl (C=O) groups excluding carboxylic acids is 1. The Labute approximate surface area is 116 Å². The molecule has 20 heavy (non-hydrogen) atoms. The number of carboxylic acid groups (broad SMARTS) is 1. The van der Waals surface area contributed by atoms with Gasteiger partial charge in [0.05, 0.1) is 13.2 Å². The van der Waals surface area contributed by atoms with Gasteiger partial charge in [-0.15, -0.1) is 0 Å². The van der Waals surface area contributed by atoms with Crippen LogP contribution in [0.15, 0.2) is 41.6 Å². The molecule has 1 aromatic rings. The Balaban J connectivity index is 1.92. The number of benzene rings is 1. The summed E-state index contributed by atoms with van der Waals surface area (Å²) in [5.41, 5.74) is 1.24. The highest BCUT2D eigenvalue weighted by Gasteiger charge is 2.21. The number of amides is 1. The molecule has 0 atom stereocenters. The maximum Gasteiger partial charge on any atom is 0.412 e.